The Bertz CT molecular complexity index is 951. The first kappa shape index (κ1) is 23.8. The van der Waals surface area contributed by atoms with Gasteiger partial charge in [0.05, 0.1) is 38.0 Å². The van der Waals surface area contributed by atoms with Crippen molar-refractivity contribution in [1.82, 2.24) is 24.7 Å². The summed E-state index contributed by atoms with van der Waals surface area (Å²) >= 11 is 5.82. The van der Waals surface area contributed by atoms with Gasteiger partial charge in [0.25, 0.3) is 0 Å². The van der Waals surface area contributed by atoms with Gasteiger partial charge in [-0.15, -0.1) is 10.2 Å². The fraction of sp³-hybridized carbons (Fsp3) is 0.647. The first-order chi connectivity index (χ1) is 14.9. The van der Waals surface area contributed by atoms with Crippen LogP contribution in [-0.2, 0) is 35.5 Å². The van der Waals surface area contributed by atoms with Crippen LogP contribution in [0.2, 0.25) is 5.02 Å². The zero-order chi connectivity index (χ0) is 22.4. The third-order valence-electron chi connectivity index (χ3n) is 4.70. The van der Waals surface area contributed by atoms with Gasteiger partial charge in [0, 0.05) is 26.6 Å². The SMILES string of the molecule is COCCn1c(NS(=O)(=O)C(C)C(OC)c2ncc(Cl)cn2)nnc1[C@@H]1COCCO1. The minimum atomic E-state index is -3.97. The molecule has 0 radical (unpaired) electrons. The highest BCUT2D eigenvalue weighted by molar-refractivity contribution is 7.93. The van der Waals surface area contributed by atoms with E-state index in [0.717, 1.165) is 0 Å². The van der Waals surface area contributed by atoms with Crippen molar-refractivity contribution >= 4 is 27.6 Å². The van der Waals surface area contributed by atoms with Gasteiger partial charge >= 0.3 is 0 Å². The predicted octanol–water partition coefficient (Wildman–Crippen LogP) is 0.974. The number of ether oxygens (including phenoxy) is 4. The van der Waals surface area contributed by atoms with Gasteiger partial charge < -0.3 is 18.9 Å². The number of methoxy groups -OCH3 is 2. The number of nitrogens with zero attached hydrogens (tertiary/aromatic N) is 5. The summed E-state index contributed by atoms with van der Waals surface area (Å²) in [7, 11) is -1.04. The summed E-state index contributed by atoms with van der Waals surface area (Å²) in [5, 5.41) is 7.43. The van der Waals surface area contributed by atoms with Gasteiger partial charge in [-0.25, -0.2) is 18.4 Å². The van der Waals surface area contributed by atoms with Gasteiger partial charge in [-0.05, 0) is 6.92 Å². The van der Waals surface area contributed by atoms with E-state index in [0.29, 0.717) is 43.8 Å². The molecule has 0 amide bonds. The molecule has 3 heterocycles. The minimum Gasteiger partial charge on any atom is -0.383 e. The number of hydrogen-bond donors (Lipinski definition) is 1. The molecule has 3 atom stereocenters. The van der Waals surface area contributed by atoms with Crippen LogP contribution in [0.25, 0.3) is 0 Å². The van der Waals surface area contributed by atoms with Gasteiger partial charge in [0.15, 0.2) is 11.6 Å². The maximum absolute atomic E-state index is 13.1. The third kappa shape index (κ3) is 5.67. The third-order valence-corrected chi connectivity index (χ3v) is 6.59. The van der Waals surface area contributed by atoms with E-state index in [1.54, 1.807) is 11.7 Å². The van der Waals surface area contributed by atoms with Crippen molar-refractivity contribution in [3.05, 3.63) is 29.1 Å². The van der Waals surface area contributed by atoms with Crippen molar-refractivity contribution in [1.29, 1.82) is 0 Å². The highest BCUT2D eigenvalue weighted by Gasteiger charge is 2.35. The summed E-state index contributed by atoms with van der Waals surface area (Å²) in [6.45, 7) is 3.33. The lowest BCUT2D eigenvalue weighted by atomic mass is 10.2. The number of rotatable bonds is 10. The fourth-order valence-electron chi connectivity index (χ4n) is 3.03. The van der Waals surface area contributed by atoms with Gasteiger partial charge in [-0.2, -0.15) is 0 Å². The van der Waals surface area contributed by atoms with Crippen molar-refractivity contribution in [2.75, 3.05) is 45.4 Å². The number of halogens is 1. The smallest absolute Gasteiger partial charge is 0.240 e. The van der Waals surface area contributed by atoms with Crippen LogP contribution in [0.1, 0.15) is 30.8 Å². The quantitative estimate of drug-likeness (QED) is 0.527. The maximum Gasteiger partial charge on any atom is 0.240 e. The summed E-state index contributed by atoms with van der Waals surface area (Å²) in [6, 6.07) is 0. The lowest BCUT2D eigenvalue weighted by Crippen LogP contribution is -2.34. The zero-order valence-electron chi connectivity index (χ0n) is 17.4. The summed E-state index contributed by atoms with van der Waals surface area (Å²) < 4.78 is 52.0. The summed E-state index contributed by atoms with van der Waals surface area (Å²) in [6.07, 6.45) is 1.37. The molecule has 0 bridgehead atoms. The van der Waals surface area contributed by atoms with Gasteiger partial charge in [0.2, 0.25) is 16.0 Å². The van der Waals surface area contributed by atoms with Crippen LogP contribution in [0.5, 0.6) is 0 Å². The molecule has 1 aliphatic heterocycles. The molecule has 1 saturated heterocycles. The Labute approximate surface area is 185 Å². The van der Waals surface area contributed by atoms with E-state index in [1.807, 2.05) is 0 Å². The molecule has 12 nitrogen and oxygen atoms in total. The molecule has 31 heavy (non-hydrogen) atoms. The second kappa shape index (κ2) is 10.6. The van der Waals surface area contributed by atoms with Gasteiger partial charge in [0.1, 0.15) is 17.5 Å². The summed E-state index contributed by atoms with van der Waals surface area (Å²) in [5.74, 6) is 0.686. The molecule has 0 saturated carbocycles. The van der Waals surface area contributed by atoms with Crippen LogP contribution in [0.3, 0.4) is 0 Å². The standard InChI is InChI=1S/C17H25ClN6O6S/c1-11(14(28-3)15-19-8-12(18)9-20-15)31(25,26)23-17-22-21-16(24(17)4-5-27-2)13-10-29-6-7-30-13/h8-9,11,13-14H,4-7,10H2,1-3H3,(H,22,23)/t11?,13-,14?/m0/s1. The number of anilines is 1. The molecule has 1 N–H and O–H groups in total. The lowest BCUT2D eigenvalue weighted by molar-refractivity contribution is -0.0949. The van der Waals surface area contributed by atoms with Crippen LogP contribution in [0, 0.1) is 0 Å². The fourth-order valence-corrected chi connectivity index (χ4v) is 4.27. The molecule has 1 fully saturated rings. The lowest BCUT2D eigenvalue weighted by Gasteiger charge is -2.24. The van der Waals surface area contributed by atoms with E-state index < -0.39 is 27.5 Å². The topological polar surface area (TPSA) is 140 Å². The molecule has 2 unspecified atom stereocenters. The number of aromatic nitrogens is 5. The molecule has 0 aromatic carbocycles. The van der Waals surface area contributed by atoms with Crippen LogP contribution >= 0.6 is 11.6 Å². The van der Waals surface area contributed by atoms with Crippen molar-refractivity contribution in [3.63, 3.8) is 0 Å². The second-order valence-corrected chi connectivity index (χ2v) is 9.20. The Hall–Kier alpha value is -1.90. The van der Waals surface area contributed by atoms with Gasteiger partial charge in [-0.1, -0.05) is 11.6 Å². The molecule has 14 heteroatoms. The van der Waals surface area contributed by atoms with Crippen LogP contribution in [0.4, 0.5) is 5.95 Å². The maximum atomic E-state index is 13.1. The Morgan fingerprint density at radius 1 is 1.29 bits per heavy atom. The van der Waals surface area contributed by atoms with E-state index in [2.05, 4.69) is 24.9 Å². The molecule has 2 aromatic heterocycles. The molecule has 2 aromatic rings. The van der Waals surface area contributed by atoms with E-state index in [-0.39, 0.29) is 11.8 Å². The largest absolute Gasteiger partial charge is 0.383 e. The van der Waals surface area contributed by atoms with Crippen molar-refractivity contribution in [2.45, 2.75) is 30.9 Å². The minimum absolute atomic E-state index is 0.0416. The van der Waals surface area contributed by atoms with E-state index in [4.69, 9.17) is 30.5 Å². The first-order valence-corrected chi connectivity index (χ1v) is 11.4. The molecular weight excluding hydrogens is 452 g/mol. The Balaban J connectivity index is 1.85. The summed E-state index contributed by atoms with van der Waals surface area (Å²) in [5.41, 5.74) is 0. The van der Waals surface area contributed by atoms with Crippen molar-refractivity contribution in [2.24, 2.45) is 0 Å². The Morgan fingerprint density at radius 3 is 2.65 bits per heavy atom. The molecule has 172 valence electrons. The number of nitrogens with one attached hydrogen (secondary N) is 1. The van der Waals surface area contributed by atoms with E-state index >= 15 is 0 Å². The average Bonchev–Trinajstić information content (AvgIpc) is 3.16. The zero-order valence-corrected chi connectivity index (χ0v) is 19.0. The molecule has 0 aliphatic carbocycles. The number of sulfonamides is 1. The number of hydrogen-bond acceptors (Lipinski definition) is 10. The van der Waals surface area contributed by atoms with Crippen molar-refractivity contribution < 1.29 is 27.4 Å². The predicted molar refractivity (Wildman–Crippen MR) is 110 cm³/mol. The van der Waals surface area contributed by atoms with Gasteiger partial charge in [-0.3, -0.25) is 9.29 Å². The molecule has 0 spiro atoms. The van der Waals surface area contributed by atoms with E-state index in [9.17, 15) is 8.42 Å². The van der Waals surface area contributed by atoms with Crippen LogP contribution in [0.15, 0.2) is 12.4 Å². The molecular formula is C17H25ClN6O6S. The first-order valence-electron chi connectivity index (χ1n) is 9.50. The van der Waals surface area contributed by atoms with Crippen LogP contribution < -0.4 is 4.72 Å². The molecule has 1 aliphatic rings. The highest BCUT2D eigenvalue weighted by atomic mass is 35.5. The molecule has 3 rings (SSSR count). The average molecular weight is 477 g/mol. The Morgan fingerprint density at radius 2 is 2.03 bits per heavy atom. The second-order valence-electron chi connectivity index (χ2n) is 6.73. The highest BCUT2D eigenvalue weighted by Crippen LogP contribution is 2.26. The van der Waals surface area contributed by atoms with Crippen LogP contribution in [-0.4, -0.2) is 79.0 Å². The normalized spacial score (nSPS) is 19.2. The Kier molecular flexibility index (Phi) is 8.13. The van der Waals surface area contributed by atoms with Crippen molar-refractivity contribution in [3.8, 4) is 0 Å². The monoisotopic (exact) mass is 476 g/mol. The summed E-state index contributed by atoms with van der Waals surface area (Å²) in [4.78, 5) is 8.15. The van der Waals surface area contributed by atoms with E-state index in [1.165, 1.54) is 26.4 Å².